The van der Waals surface area contributed by atoms with E-state index in [1.54, 1.807) is 12.1 Å². The van der Waals surface area contributed by atoms with Crippen LogP contribution in [-0.4, -0.2) is 35.9 Å². The normalized spacial score (nSPS) is 10.3. The van der Waals surface area contributed by atoms with E-state index in [-0.39, 0.29) is 30.6 Å². The zero-order valence-corrected chi connectivity index (χ0v) is 16.1. The number of ether oxygens (including phenoxy) is 1. The third-order valence-electron chi connectivity index (χ3n) is 3.51. The van der Waals surface area contributed by atoms with Gasteiger partial charge in [-0.15, -0.1) is 11.8 Å². The Morgan fingerprint density at radius 2 is 1.93 bits per heavy atom. The maximum atomic E-state index is 11.9. The van der Waals surface area contributed by atoms with Crippen molar-refractivity contribution in [3.8, 4) is 0 Å². The highest BCUT2D eigenvalue weighted by Gasteiger charge is 2.10. The average molecular weight is 390 g/mol. The number of thioether (sulfide) groups is 1. The monoisotopic (exact) mass is 390 g/mol. The van der Waals surface area contributed by atoms with Crippen LogP contribution in [0.2, 0.25) is 0 Å². The van der Waals surface area contributed by atoms with E-state index in [4.69, 9.17) is 9.15 Å². The summed E-state index contributed by atoms with van der Waals surface area (Å²) in [7, 11) is 0. The molecule has 1 aromatic heterocycles. The lowest BCUT2D eigenvalue weighted by molar-refractivity contribution is -0.146. The highest BCUT2D eigenvalue weighted by molar-refractivity contribution is 8.00. The van der Waals surface area contributed by atoms with Gasteiger partial charge in [0.25, 0.3) is 5.91 Å². The van der Waals surface area contributed by atoms with Crippen molar-refractivity contribution in [3.05, 3.63) is 53.5 Å². The van der Waals surface area contributed by atoms with Crippen molar-refractivity contribution < 1.29 is 23.5 Å². The van der Waals surface area contributed by atoms with Crippen molar-refractivity contribution in [3.63, 3.8) is 0 Å². The molecule has 1 aromatic carbocycles. The molecule has 0 saturated heterocycles. The number of anilines is 1. The molecule has 0 atom stereocenters. The van der Waals surface area contributed by atoms with Crippen LogP contribution in [0.1, 0.15) is 16.9 Å². The number of hydrogen-bond acceptors (Lipinski definition) is 6. The van der Waals surface area contributed by atoms with Gasteiger partial charge in [0, 0.05) is 5.69 Å². The third kappa shape index (κ3) is 7.57. The van der Waals surface area contributed by atoms with Gasteiger partial charge >= 0.3 is 5.97 Å². The number of nitrogens with one attached hydrogen (secondary N) is 2. The average Bonchev–Trinajstić information content (AvgIpc) is 3.14. The Balaban J connectivity index is 1.59. The maximum absolute atomic E-state index is 11.9. The first-order valence-corrected chi connectivity index (χ1v) is 9.49. The smallest absolute Gasteiger partial charge is 0.316 e. The lowest BCUT2D eigenvalue weighted by Crippen LogP contribution is -2.28. The second-order valence-corrected chi connectivity index (χ2v) is 6.86. The van der Waals surface area contributed by atoms with Gasteiger partial charge in [-0.2, -0.15) is 0 Å². The van der Waals surface area contributed by atoms with Crippen LogP contribution in [0.5, 0.6) is 0 Å². The minimum Gasteiger partial charge on any atom is -0.467 e. The van der Waals surface area contributed by atoms with Crippen molar-refractivity contribution >= 4 is 35.2 Å². The zero-order valence-electron chi connectivity index (χ0n) is 15.2. The van der Waals surface area contributed by atoms with Crippen LogP contribution in [0.25, 0.3) is 0 Å². The summed E-state index contributed by atoms with van der Waals surface area (Å²) in [5, 5.41) is 5.38. The summed E-state index contributed by atoms with van der Waals surface area (Å²) in [4.78, 5) is 35.2. The number of esters is 1. The molecule has 2 amide bonds. The van der Waals surface area contributed by atoms with Crippen LogP contribution >= 0.6 is 11.8 Å². The van der Waals surface area contributed by atoms with Crippen LogP contribution < -0.4 is 10.6 Å². The molecule has 0 radical (unpaired) electrons. The fourth-order valence-electron chi connectivity index (χ4n) is 2.20. The Hall–Kier alpha value is -2.74. The lowest BCUT2D eigenvalue weighted by Gasteiger charge is -2.09. The molecule has 2 rings (SSSR count). The molecule has 0 fully saturated rings. The number of carbonyl (C=O) groups is 3. The Labute approximate surface area is 161 Å². The third-order valence-corrected chi connectivity index (χ3v) is 4.42. The summed E-state index contributed by atoms with van der Waals surface area (Å²) >= 11 is 1.13. The summed E-state index contributed by atoms with van der Waals surface area (Å²) in [6.45, 7) is 3.77. The summed E-state index contributed by atoms with van der Waals surface area (Å²) in [6.07, 6.45) is 1.51. The Morgan fingerprint density at radius 3 is 2.63 bits per heavy atom. The predicted octanol–water partition coefficient (Wildman–Crippen LogP) is 2.43. The minimum absolute atomic E-state index is 0.00817. The Kier molecular flexibility index (Phi) is 7.94. The van der Waals surface area contributed by atoms with E-state index in [0.29, 0.717) is 5.76 Å². The van der Waals surface area contributed by atoms with Gasteiger partial charge in [-0.3, -0.25) is 14.4 Å². The molecule has 0 aliphatic carbocycles. The van der Waals surface area contributed by atoms with E-state index in [2.05, 4.69) is 10.6 Å². The number of rotatable bonds is 9. The van der Waals surface area contributed by atoms with E-state index in [1.807, 2.05) is 32.0 Å². The molecule has 2 aromatic rings. The highest BCUT2D eigenvalue weighted by Crippen LogP contribution is 2.16. The fourth-order valence-corrected chi connectivity index (χ4v) is 2.81. The molecule has 2 N–H and O–H groups in total. The van der Waals surface area contributed by atoms with Gasteiger partial charge in [-0.1, -0.05) is 17.7 Å². The number of hydrogen-bond donors (Lipinski definition) is 2. The first kappa shape index (κ1) is 20.6. The standard InChI is InChI=1S/C19H22N2O5S/c1-13-5-6-16(14(2)8-13)21-18(23)11-27-12-19(24)26-10-17(22)20-9-15-4-3-7-25-15/h3-8H,9-12H2,1-2H3,(H,20,22)(H,21,23). The molecule has 0 bridgehead atoms. The quantitative estimate of drug-likeness (QED) is 0.638. The molecule has 0 aliphatic rings. The molecule has 1 heterocycles. The summed E-state index contributed by atoms with van der Waals surface area (Å²) in [6, 6.07) is 9.20. The number of furan rings is 1. The van der Waals surface area contributed by atoms with Crippen molar-refractivity contribution in [1.82, 2.24) is 5.32 Å². The number of amides is 2. The van der Waals surface area contributed by atoms with Gasteiger partial charge in [0.1, 0.15) is 5.76 Å². The summed E-state index contributed by atoms with van der Waals surface area (Å²) in [5.41, 5.74) is 2.85. The molecule has 7 nitrogen and oxygen atoms in total. The van der Waals surface area contributed by atoms with Crippen LogP contribution in [0.15, 0.2) is 41.0 Å². The Morgan fingerprint density at radius 1 is 1.11 bits per heavy atom. The van der Waals surface area contributed by atoms with Crippen molar-refractivity contribution in [1.29, 1.82) is 0 Å². The molecule has 0 spiro atoms. The summed E-state index contributed by atoms with van der Waals surface area (Å²) in [5.74, 6) is -0.445. The van der Waals surface area contributed by atoms with Crippen LogP contribution in [-0.2, 0) is 25.7 Å². The van der Waals surface area contributed by atoms with E-state index in [9.17, 15) is 14.4 Å². The van der Waals surface area contributed by atoms with E-state index >= 15 is 0 Å². The zero-order chi connectivity index (χ0) is 19.6. The molecule has 27 heavy (non-hydrogen) atoms. The minimum atomic E-state index is -0.549. The van der Waals surface area contributed by atoms with E-state index < -0.39 is 11.9 Å². The van der Waals surface area contributed by atoms with E-state index in [0.717, 1.165) is 28.6 Å². The fraction of sp³-hybridized carbons (Fsp3) is 0.316. The number of aryl methyl sites for hydroxylation is 2. The second-order valence-electron chi connectivity index (χ2n) is 5.88. The van der Waals surface area contributed by atoms with Crippen LogP contribution in [0.3, 0.4) is 0 Å². The molecular weight excluding hydrogens is 368 g/mol. The first-order valence-electron chi connectivity index (χ1n) is 8.33. The largest absolute Gasteiger partial charge is 0.467 e. The summed E-state index contributed by atoms with van der Waals surface area (Å²) < 4.78 is 9.95. The molecular formula is C19H22N2O5S. The molecule has 8 heteroatoms. The molecule has 0 unspecified atom stereocenters. The van der Waals surface area contributed by atoms with Gasteiger partial charge in [0.05, 0.1) is 24.3 Å². The van der Waals surface area contributed by atoms with Crippen molar-refractivity contribution in [2.45, 2.75) is 20.4 Å². The first-order chi connectivity index (χ1) is 12.9. The molecule has 0 saturated carbocycles. The van der Waals surface area contributed by atoms with Crippen LogP contribution in [0, 0.1) is 13.8 Å². The van der Waals surface area contributed by atoms with E-state index in [1.165, 1.54) is 6.26 Å². The molecule has 144 valence electrons. The van der Waals surface area contributed by atoms with Gasteiger partial charge in [0.2, 0.25) is 5.91 Å². The number of benzene rings is 1. The van der Waals surface area contributed by atoms with Gasteiger partial charge < -0.3 is 19.8 Å². The second kappa shape index (κ2) is 10.4. The van der Waals surface area contributed by atoms with Gasteiger partial charge in [0.15, 0.2) is 6.61 Å². The topological polar surface area (TPSA) is 97.6 Å². The highest BCUT2D eigenvalue weighted by atomic mass is 32.2. The molecule has 0 aliphatic heterocycles. The van der Waals surface area contributed by atoms with Crippen molar-refractivity contribution in [2.24, 2.45) is 0 Å². The predicted molar refractivity (Wildman–Crippen MR) is 103 cm³/mol. The maximum Gasteiger partial charge on any atom is 0.316 e. The van der Waals surface area contributed by atoms with Crippen molar-refractivity contribution in [2.75, 3.05) is 23.4 Å². The van der Waals surface area contributed by atoms with Gasteiger partial charge in [-0.25, -0.2) is 0 Å². The Bertz CT molecular complexity index is 789. The lowest BCUT2D eigenvalue weighted by atomic mass is 10.1. The number of carbonyl (C=O) groups excluding carboxylic acids is 3. The SMILES string of the molecule is Cc1ccc(NC(=O)CSCC(=O)OCC(=O)NCc2ccco2)c(C)c1. The van der Waals surface area contributed by atoms with Crippen LogP contribution in [0.4, 0.5) is 5.69 Å². The van der Waals surface area contributed by atoms with Gasteiger partial charge in [-0.05, 0) is 37.6 Å².